The summed E-state index contributed by atoms with van der Waals surface area (Å²) in [6.45, 7) is 2.91. The van der Waals surface area contributed by atoms with Crippen LogP contribution in [0.25, 0.3) is 0 Å². The van der Waals surface area contributed by atoms with Crippen LogP contribution in [0, 0.1) is 11.3 Å². The van der Waals surface area contributed by atoms with E-state index in [9.17, 15) is 4.79 Å². The fraction of sp³-hybridized carbons (Fsp3) is 0.467. The molecular weight excluding hydrogens is 240 g/mol. The molecule has 0 aliphatic heterocycles. The predicted molar refractivity (Wildman–Crippen MR) is 73.8 cm³/mol. The number of rotatable bonds is 7. The van der Waals surface area contributed by atoms with Gasteiger partial charge in [0.2, 0.25) is 5.91 Å². The van der Waals surface area contributed by atoms with E-state index in [1.54, 1.807) is 11.9 Å². The summed E-state index contributed by atoms with van der Waals surface area (Å²) in [5.74, 6) is 0.849. The maximum absolute atomic E-state index is 11.7. The average molecular weight is 260 g/mol. The van der Waals surface area contributed by atoms with Gasteiger partial charge in [-0.1, -0.05) is 25.1 Å². The number of hydrogen-bond acceptors (Lipinski definition) is 3. The zero-order chi connectivity index (χ0) is 14.1. The second-order valence-corrected chi connectivity index (χ2v) is 4.28. The number of carbonyl (C=O) groups excluding carboxylic acids is 1. The highest BCUT2D eigenvalue weighted by Gasteiger charge is 2.08. The molecule has 1 aromatic carbocycles. The Bertz CT molecular complexity index is 452. The summed E-state index contributed by atoms with van der Waals surface area (Å²) in [6, 6.07) is 9.87. The zero-order valence-electron chi connectivity index (χ0n) is 11.6. The Morgan fingerprint density at radius 1 is 1.42 bits per heavy atom. The van der Waals surface area contributed by atoms with Crippen molar-refractivity contribution in [3.05, 3.63) is 29.8 Å². The highest BCUT2D eigenvalue weighted by molar-refractivity contribution is 5.76. The molecule has 0 aliphatic carbocycles. The molecule has 19 heavy (non-hydrogen) atoms. The van der Waals surface area contributed by atoms with Gasteiger partial charge < -0.3 is 9.64 Å². The molecule has 0 saturated carbocycles. The third-order valence-electron chi connectivity index (χ3n) is 2.91. The second-order valence-electron chi connectivity index (χ2n) is 4.28. The van der Waals surface area contributed by atoms with Gasteiger partial charge in [0.25, 0.3) is 0 Å². The van der Waals surface area contributed by atoms with Gasteiger partial charge in [0.1, 0.15) is 5.75 Å². The standard InChI is InChI=1S/C15H20N2O2/c1-3-13-7-4-5-8-14(13)19-12-9-15(18)17(2)11-6-10-16/h4-5,7-8H,3,6,9,11-12H2,1-2H3. The summed E-state index contributed by atoms with van der Waals surface area (Å²) in [4.78, 5) is 13.3. The smallest absolute Gasteiger partial charge is 0.225 e. The maximum atomic E-state index is 11.7. The zero-order valence-corrected chi connectivity index (χ0v) is 11.6. The summed E-state index contributed by atoms with van der Waals surface area (Å²) in [5, 5.41) is 8.47. The van der Waals surface area contributed by atoms with Crippen molar-refractivity contribution in [3.8, 4) is 11.8 Å². The van der Waals surface area contributed by atoms with E-state index in [0.717, 1.165) is 17.7 Å². The molecule has 0 atom stereocenters. The van der Waals surface area contributed by atoms with Crippen molar-refractivity contribution in [2.45, 2.75) is 26.2 Å². The van der Waals surface area contributed by atoms with Gasteiger partial charge in [-0.2, -0.15) is 5.26 Å². The van der Waals surface area contributed by atoms with Gasteiger partial charge in [0.15, 0.2) is 0 Å². The molecule has 0 N–H and O–H groups in total. The van der Waals surface area contributed by atoms with Gasteiger partial charge >= 0.3 is 0 Å². The molecule has 0 radical (unpaired) electrons. The number of carbonyl (C=O) groups is 1. The van der Waals surface area contributed by atoms with Crippen LogP contribution >= 0.6 is 0 Å². The lowest BCUT2D eigenvalue weighted by Crippen LogP contribution is -2.28. The number of ether oxygens (including phenoxy) is 1. The van der Waals surface area contributed by atoms with Gasteiger partial charge in [-0.15, -0.1) is 0 Å². The first-order valence-corrected chi connectivity index (χ1v) is 6.50. The van der Waals surface area contributed by atoms with Crippen molar-refractivity contribution in [3.63, 3.8) is 0 Å². The molecule has 4 nitrogen and oxygen atoms in total. The molecule has 0 aliphatic rings. The maximum Gasteiger partial charge on any atom is 0.225 e. The van der Waals surface area contributed by atoms with Crippen LogP contribution in [0.1, 0.15) is 25.3 Å². The van der Waals surface area contributed by atoms with Gasteiger partial charge in [0.05, 0.1) is 25.5 Å². The number of benzene rings is 1. The van der Waals surface area contributed by atoms with E-state index < -0.39 is 0 Å². The Morgan fingerprint density at radius 3 is 2.84 bits per heavy atom. The summed E-state index contributed by atoms with van der Waals surface area (Å²) in [7, 11) is 1.71. The number of aryl methyl sites for hydroxylation is 1. The van der Waals surface area contributed by atoms with Crippen LogP contribution in [0.5, 0.6) is 5.75 Å². The third kappa shape index (κ3) is 5.01. The fourth-order valence-corrected chi connectivity index (χ4v) is 1.72. The minimum atomic E-state index is 0.00392. The topological polar surface area (TPSA) is 53.3 Å². The van der Waals surface area contributed by atoms with Crippen LogP contribution in [0.15, 0.2) is 24.3 Å². The van der Waals surface area contributed by atoms with Crippen LogP contribution in [0.3, 0.4) is 0 Å². The summed E-state index contributed by atoms with van der Waals surface area (Å²) >= 11 is 0. The quantitative estimate of drug-likeness (QED) is 0.756. The minimum absolute atomic E-state index is 0.00392. The van der Waals surface area contributed by atoms with Gasteiger partial charge in [-0.3, -0.25) is 4.79 Å². The number of para-hydroxylation sites is 1. The predicted octanol–water partition coefficient (Wildman–Crippen LogP) is 2.39. The van der Waals surface area contributed by atoms with E-state index in [2.05, 4.69) is 6.92 Å². The number of nitrogens with zero attached hydrogens (tertiary/aromatic N) is 2. The molecule has 0 aromatic heterocycles. The van der Waals surface area contributed by atoms with Crippen LogP contribution < -0.4 is 4.74 Å². The van der Waals surface area contributed by atoms with Gasteiger partial charge in [-0.25, -0.2) is 0 Å². The van der Waals surface area contributed by atoms with Crippen molar-refractivity contribution < 1.29 is 9.53 Å². The number of amides is 1. The molecule has 0 heterocycles. The van der Waals surface area contributed by atoms with E-state index in [4.69, 9.17) is 10.00 Å². The molecule has 0 saturated heterocycles. The van der Waals surface area contributed by atoms with E-state index >= 15 is 0 Å². The van der Waals surface area contributed by atoms with Crippen molar-refractivity contribution >= 4 is 5.91 Å². The lowest BCUT2D eigenvalue weighted by atomic mass is 10.1. The van der Waals surface area contributed by atoms with Crippen LogP contribution in [-0.2, 0) is 11.2 Å². The lowest BCUT2D eigenvalue weighted by molar-refractivity contribution is -0.130. The second kappa shape index (κ2) is 8.15. The first kappa shape index (κ1) is 15.0. The van der Waals surface area contributed by atoms with Gasteiger partial charge in [-0.05, 0) is 18.1 Å². The van der Waals surface area contributed by atoms with Crippen molar-refractivity contribution in [1.29, 1.82) is 5.26 Å². The lowest BCUT2D eigenvalue weighted by Gasteiger charge is -2.16. The molecular formula is C15H20N2O2. The Kier molecular flexibility index (Phi) is 6.45. The van der Waals surface area contributed by atoms with E-state index in [1.807, 2.05) is 30.3 Å². The molecule has 1 aromatic rings. The average Bonchev–Trinajstić information content (AvgIpc) is 2.45. The summed E-state index contributed by atoms with van der Waals surface area (Å²) < 4.78 is 5.64. The first-order valence-electron chi connectivity index (χ1n) is 6.50. The Hall–Kier alpha value is -2.02. The van der Waals surface area contributed by atoms with E-state index in [-0.39, 0.29) is 5.91 Å². The molecule has 1 amide bonds. The monoisotopic (exact) mass is 260 g/mol. The van der Waals surface area contributed by atoms with Crippen molar-refractivity contribution in [2.75, 3.05) is 20.2 Å². The number of nitriles is 1. The fourth-order valence-electron chi connectivity index (χ4n) is 1.72. The molecule has 0 spiro atoms. The van der Waals surface area contributed by atoms with Crippen LogP contribution in [0.2, 0.25) is 0 Å². The SMILES string of the molecule is CCc1ccccc1OCCC(=O)N(C)CCC#N. The van der Waals surface area contributed by atoms with Crippen molar-refractivity contribution in [1.82, 2.24) is 4.90 Å². The number of hydrogen-bond donors (Lipinski definition) is 0. The summed E-state index contributed by atoms with van der Waals surface area (Å²) in [5.41, 5.74) is 1.15. The first-order chi connectivity index (χ1) is 9.19. The normalized spacial score (nSPS) is 9.74. The molecule has 4 heteroatoms. The summed E-state index contributed by atoms with van der Waals surface area (Å²) in [6.07, 6.45) is 1.61. The van der Waals surface area contributed by atoms with Gasteiger partial charge in [0, 0.05) is 13.6 Å². The van der Waals surface area contributed by atoms with Crippen molar-refractivity contribution in [2.24, 2.45) is 0 Å². The van der Waals surface area contributed by atoms with Crippen LogP contribution in [-0.4, -0.2) is 31.0 Å². The largest absolute Gasteiger partial charge is 0.493 e. The van der Waals surface area contributed by atoms with E-state index in [1.165, 1.54) is 0 Å². The molecule has 0 unspecified atom stereocenters. The third-order valence-corrected chi connectivity index (χ3v) is 2.91. The Balaban J connectivity index is 2.38. The molecule has 1 rings (SSSR count). The Labute approximate surface area is 114 Å². The molecule has 102 valence electrons. The molecule has 0 bridgehead atoms. The van der Waals surface area contributed by atoms with E-state index in [0.29, 0.717) is 26.0 Å². The minimum Gasteiger partial charge on any atom is -0.493 e. The Morgan fingerprint density at radius 2 is 2.16 bits per heavy atom. The highest BCUT2D eigenvalue weighted by atomic mass is 16.5. The highest BCUT2D eigenvalue weighted by Crippen LogP contribution is 2.18. The molecule has 0 fully saturated rings. The van der Waals surface area contributed by atoms with Crippen LogP contribution in [0.4, 0.5) is 0 Å².